The average molecular weight is 237 g/mol. The van der Waals surface area contributed by atoms with Crippen LogP contribution in [0.4, 0.5) is 0 Å². The zero-order chi connectivity index (χ0) is 10.4. The number of rotatable bonds is 6. The van der Waals surface area contributed by atoms with Gasteiger partial charge >= 0.3 is 0 Å². The maximum atomic E-state index is 8.95. The summed E-state index contributed by atoms with van der Waals surface area (Å²) in [6.45, 7) is 1.13. The largest absolute Gasteiger partial charge is 0.395 e. The third-order valence-electron chi connectivity index (χ3n) is 1.66. The summed E-state index contributed by atoms with van der Waals surface area (Å²) in [4.78, 5) is 4.08. The van der Waals surface area contributed by atoms with Crippen LogP contribution >= 0.6 is 22.9 Å². The topological polar surface area (TPSA) is 54.4 Å². The monoisotopic (exact) mass is 236 g/mol. The Kier molecular flexibility index (Phi) is 5.36. The lowest BCUT2D eigenvalue weighted by Crippen LogP contribution is -2.35. The second-order valence-electron chi connectivity index (χ2n) is 2.77. The Labute approximate surface area is 91.9 Å². The SMILES string of the molecule is COCC(CO)NCc1ncc(Cl)s1. The fourth-order valence-electron chi connectivity index (χ4n) is 0.979. The number of hydrogen-bond acceptors (Lipinski definition) is 5. The highest BCUT2D eigenvalue weighted by Crippen LogP contribution is 2.17. The molecule has 1 atom stereocenters. The molecule has 14 heavy (non-hydrogen) atoms. The second kappa shape index (κ2) is 6.31. The van der Waals surface area contributed by atoms with Crippen molar-refractivity contribution in [3.63, 3.8) is 0 Å². The second-order valence-corrected chi connectivity index (χ2v) is 4.52. The summed E-state index contributed by atoms with van der Waals surface area (Å²) in [5.74, 6) is 0. The van der Waals surface area contributed by atoms with Crippen molar-refractivity contribution in [3.8, 4) is 0 Å². The van der Waals surface area contributed by atoms with Gasteiger partial charge in [0.15, 0.2) is 0 Å². The third-order valence-corrected chi connectivity index (χ3v) is 2.77. The molecule has 1 rings (SSSR count). The molecule has 0 aromatic carbocycles. The van der Waals surface area contributed by atoms with Gasteiger partial charge in [0.1, 0.15) is 9.34 Å². The predicted octanol–water partition coefficient (Wildman–Crippen LogP) is 0.893. The summed E-state index contributed by atoms with van der Waals surface area (Å²) >= 11 is 7.15. The number of aliphatic hydroxyl groups is 1. The molecule has 2 N–H and O–H groups in total. The minimum atomic E-state index is -0.0531. The van der Waals surface area contributed by atoms with Crippen LogP contribution in [0.5, 0.6) is 0 Å². The van der Waals surface area contributed by atoms with Crippen LogP contribution in [0.3, 0.4) is 0 Å². The van der Waals surface area contributed by atoms with Crippen LogP contribution in [0.15, 0.2) is 6.20 Å². The van der Waals surface area contributed by atoms with Crippen molar-refractivity contribution in [3.05, 3.63) is 15.5 Å². The molecule has 0 fully saturated rings. The van der Waals surface area contributed by atoms with Crippen molar-refractivity contribution in [1.82, 2.24) is 10.3 Å². The van der Waals surface area contributed by atoms with Gasteiger partial charge in [-0.1, -0.05) is 11.6 Å². The lowest BCUT2D eigenvalue weighted by atomic mass is 10.3. The zero-order valence-electron chi connectivity index (χ0n) is 7.86. The first-order chi connectivity index (χ1) is 6.76. The fourth-order valence-corrected chi connectivity index (χ4v) is 1.89. The first-order valence-electron chi connectivity index (χ1n) is 4.19. The number of nitrogens with zero attached hydrogens (tertiary/aromatic N) is 1. The van der Waals surface area contributed by atoms with Gasteiger partial charge in [-0.15, -0.1) is 11.3 Å². The Morgan fingerprint density at radius 3 is 3.07 bits per heavy atom. The van der Waals surface area contributed by atoms with E-state index in [1.807, 2.05) is 0 Å². The molecule has 0 spiro atoms. The number of halogens is 1. The van der Waals surface area contributed by atoms with Crippen LogP contribution in [0.1, 0.15) is 5.01 Å². The van der Waals surface area contributed by atoms with Crippen LogP contribution in [0.25, 0.3) is 0 Å². The van der Waals surface area contributed by atoms with Gasteiger partial charge < -0.3 is 15.2 Å². The maximum absolute atomic E-state index is 8.95. The van der Waals surface area contributed by atoms with Gasteiger partial charge in [-0.05, 0) is 0 Å². The molecular weight excluding hydrogens is 224 g/mol. The molecule has 6 heteroatoms. The van der Waals surface area contributed by atoms with Crippen LogP contribution in [0, 0.1) is 0 Å². The highest BCUT2D eigenvalue weighted by Gasteiger charge is 2.07. The number of methoxy groups -OCH3 is 1. The van der Waals surface area contributed by atoms with Gasteiger partial charge in [-0.3, -0.25) is 0 Å². The fraction of sp³-hybridized carbons (Fsp3) is 0.625. The smallest absolute Gasteiger partial charge is 0.113 e. The van der Waals surface area contributed by atoms with Gasteiger partial charge in [0.05, 0.1) is 25.5 Å². The van der Waals surface area contributed by atoms with E-state index in [2.05, 4.69) is 10.3 Å². The van der Waals surface area contributed by atoms with E-state index in [4.69, 9.17) is 21.4 Å². The first-order valence-corrected chi connectivity index (χ1v) is 5.39. The summed E-state index contributed by atoms with van der Waals surface area (Å²) < 4.78 is 5.60. The minimum absolute atomic E-state index is 0.0486. The summed E-state index contributed by atoms with van der Waals surface area (Å²) in [6, 6.07) is -0.0531. The van der Waals surface area contributed by atoms with E-state index in [1.165, 1.54) is 11.3 Å². The number of nitrogens with one attached hydrogen (secondary N) is 1. The number of thiazole rings is 1. The molecule has 0 saturated carbocycles. The van der Waals surface area contributed by atoms with Crippen molar-refractivity contribution in [2.45, 2.75) is 12.6 Å². The van der Waals surface area contributed by atoms with Gasteiger partial charge in [0, 0.05) is 13.7 Å². The summed E-state index contributed by atoms with van der Waals surface area (Å²) in [5.41, 5.74) is 0. The van der Waals surface area contributed by atoms with Crippen LogP contribution in [-0.4, -0.2) is 36.5 Å². The Morgan fingerprint density at radius 1 is 1.79 bits per heavy atom. The average Bonchev–Trinajstić information content (AvgIpc) is 2.59. The summed E-state index contributed by atoms with van der Waals surface area (Å²) in [5, 5.41) is 13.0. The minimum Gasteiger partial charge on any atom is -0.395 e. The van der Waals surface area contributed by atoms with Crippen molar-refractivity contribution in [1.29, 1.82) is 0 Å². The number of aliphatic hydroxyl groups excluding tert-OH is 1. The van der Waals surface area contributed by atoms with Gasteiger partial charge in [-0.2, -0.15) is 0 Å². The highest BCUT2D eigenvalue weighted by atomic mass is 35.5. The molecule has 1 unspecified atom stereocenters. The van der Waals surface area contributed by atoms with Gasteiger partial charge in [-0.25, -0.2) is 4.98 Å². The molecule has 0 saturated heterocycles. The van der Waals surface area contributed by atoms with Crippen molar-refractivity contribution >= 4 is 22.9 Å². The van der Waals surface area contributed by atoms with Crippen molar-refractivity contribution in [2.24, 2.45) is 0 Å². The molecule has 1 aromatic heterocycles. The lowest BCUT2D eigenvalue weighted by Gasteiger charge is -2.13. The van der Waals surface area contributed by atoms with Crippen LogP contribution in [-0.2, 0) is 11.3 Å². The van der Waals surface area contributed by atoms with E-state index in [9.17, 15) is 0 Å². The van der Waals surface area contributed by atoms with E-state index >= 15 is 0 Å². The van der Waals surface area contributed by atoms with Crippen molar-refractivity contribution < 1.29 is 9.84 Å². The Hall–Kier alpha value is -0.200. The molecular formula is C8H13ClN2O2S. The van der Waals surface area contributed by atoms with E-state index in [0.717, 1.165) is 5.01 Å². The van der Waals surface area contributed by atoms with Gasteiger partial charge in [0.25, 0.3) is 0 Å². The van der Waals surface area contributed by atoms with E-state index in [1.54, 1.807) is 13.3 Å². The molecule has 0 radical (unpaired) electrons. The van der Waals surface area contributed by atoms with E-state index in [0.29, 0.717) is 17.5 Å². The Bertz CT molecular complexity index is 270. The predicted molar refractivity (Wildman–Crippen MR) is 56.7 cm³/mol. The zero-order valence-corrected chi connectivity index (χ0v) is 9.44. The lowest BCUT2D eigenvalue weighted by molar-refractivity contribution is 0.128. The Balaban J connectivity index is 2.31. The quantitative estimate of drug-likeness (QED) is 0.771. The van der Waals surface area contributed by atoms with Crippen molar-refractivity contribution in [2.75, 3.05) is 20.3 Å². The van der Waals surface area contributed by atoms with Crippen LogP contribution < -0.4 is 5.32 Å². The molecule has 0 aliphatic carbocycles. The molecule has 1 aromatic rings. The molecule has 0 aliphatic rings. The van der Waals surface area contributed by atoms with E-state index < -0.39 is 0 Å². The van der Waals surface area contributed by atoms with E-state index in [-0.39, 0.29) is 12.6 Å². The molecule has 80 valence electrons. The Morgan fingerprint density at radius 2 is 2.57 bits per heavy atom. The number of hydrogen-bond donors (Lipinski definition) is 2. The molecule has 0 amide bonds. The number of ether oxygens (including phenoxy) is 1. The summed E-state index contributed by atoms with van der Waals surface area (Å²) in [7, 11) is 1.60. The molecule has 1 heterocycles. The molecule has 0 bridgehead atoms. The standard InChI is InChI=1S/C8H13ClN2O2S/c1-13-5-6(4-12)10-3-8-11-2-7(9)14-8/h2,6,10,12H,3-5H2,1H3. The molecule has 0 aliphatic heterocycles. The maximum Gasteiger partial charge on any atom is 0.113 e. The highest BCUT2D eigenvalue weighted by molar-refractivity contribution is 7.15. The summed E-state index contributed by atoms with van der Waals surface area (Å²) in [6.07, 6.45) is 1.62. The number of aromatic nitrogens is 1. The molecule has 4 nitrogen and oxygen atoms in total. The van der Waals surface area contributed by atoms with Crippen LogP contribution in [0.2, 0.25) is 4.34 Å². The van der Waals surface area contributed by atoms with Gasteiger partial charge in [0.2, 0.25) is 0 Å². The normalized spacial score (nSPS) is 13.1. The third kappa shape index (κ3) is 3.89. The first kappa shape index (κ1) is 11.9.